The van der Waals surface area contributed by atoms with Gasteiger partial charge < -0.3 is 10.5 Å². The summed E-state index contributed by atoms with van der Waals surface area (Å²) >= 11 is 6.46. The summed E-state index contributed by atoms with van der Waals surface area (Å²) in [4.78, 5) is 0. The number of hydrogen-bond donors (Lipinski definition) is 2. The highest BCUT2D eigenvalue weighted by Gasteiger charge is 2.36. The molecule has 0 bridgehead atoms. The van der Waals surface area contributed by atoms with E-state index in [9.17, 15) is 5.26 Å². The molecule has 1 aliphatic rings. The fourth-order valence-corrected chi connectivity index (χ4v) is 4.16. The van der Waals surface area contributed by atoms with E-state index in [1.54, 1.807) is 0 Å². The van der Waals surface area contributed by atoms with Crippen molar-refractivity contribution in [2.24, 2.45) is 5.73 Å². The smallest absolute Gasteiger partial charge is 0.244 e. The maximum atomic E-state index is 9.92. The molecule has 29 heavy (non-hydrogen) atoms. The van der Waals surface area contributed by atoms with E-state index >= 15 is 0 Å². The van der Waals surface area contributed by atoms with Crippen molar-refractivity contribution in [3.05, 3.63) is 94.3 Å². The van der Waals surface area contributed by atoms with Gasteiger partial charge in [0.05, 0.1) is 17.2 Å². The third-order valence-corrected chi connectivity index (χ3v) is 5.55. The molecule has 0 radical (unpaired) electrons. The van der Waals surface area contributed by atoms with Crippen molar-refractivity contribution in [2.45, 2.75) is 5.92 Å². The maximum absolute atomic E-state index is 9.92. The molecule has 0 saturated carbocycles. The van der Waals surface area contributed by atoms with Crippen LogP contribution in [0.15, 0.2) is 78.2 Å². The number of fused-ring (bicyclic) bond motifs is 2. The van der Waals surface area contributed by atoms with Crippen LogP contribution in [0.4, 0.5) is 0 Å². The number of benzene rings is 3. The molecule has 5 rings (SSSR count). The minimum atomic E-state index is -0.431. The lowest BCUT2D eigenvalue weighted by Crippen LogP contribution is -2.21. The van der Waals surface area contributed by atoms with E-state index < -0.39 is 5.92 Å². The number of allylic oxidation sites excluding steroid dienone is 1. The molecule has 0 fully saturated rings. The zero-order valence-electron chi connectivity index (χ0n) is 15.2. The van der Waals surface area contributed by atoms with Crippen LogP contribution in [-0.4, -0.2) is 10.2 Å². The molecule has 0 unspecified atom stereocenters. The number of H-pyrrole nitrogens is 1. The molecule has 3 N–H and O–H groups in total. The predicted octanol–water partition coefficient (Wildman–Crippen LogP) is 5.10. The van der Waals surface area contributed by atoms with Gasteiger partial charge in [0.2, 0.25) is 11.8 Å². The molecule has 0 spiro atoms. The first-order valence-corrected chi connectivity index (χ1v) is 9.45. The Labute approximate surface area is 172 Å². The van der Waals surface area contributed by atoms with Crippen LogP contribution >= 0.6 is 11.6 Å². The number of rotatable bonds is 2. The Morgan fingerprint density at radius 1 is 1.03 bits per heavy atom. The van der Waals surface area contributed by atoms with Crippen molar-refractivity contribution in [1.29, 1.82) is 5.26 Å². The first-order valence-electron chi connectivity index (χ1n) is 9.07. The Morgan fingerprint density at radius 3 is 2.62 bits per heavy atom. The van der Waals surface area contributed by atoms with Gasteiger partial charge in [-0.2, -0.15) is 5.26 Å². The zero-order chi connectivity index (χ0) is 20.0. The number of halogens is 1. The molecule has 0 aliphatic carbocycles. The monoisotopic (exact) mass is 398 g/mol. The largest absolute Gasteiger partial charge is 0.420 e. The molecule has 4 aromatic rings. The second-order valence-corrected chi connectivity index (χ2v) is 7.20. The summed E-state index contributed by atoms with van der Waals surface area (Å²) in [5, 5.41) is 20.0. The highest BCUT2D eigenvalue weighted by molar-refractivity contribution is 6.33. The maximum Gasteiger partial charge on any atom is 0.244 e. The summed E-state index contributed by atoms with van der Waals surface area (Å²) in [6, 6.07) is 23.8. The first kappa shape index (κ1) is 17.4. The third kappa shape index (κ3) is 2.65. The average molecular weight is 399 g/mol. The van der Waals surface area contributed by atoms with Crippen LogP contribution < -0.4 is 10.5 Å². The van der Waals surface area contributed by atoms with Crippen molar-refractivity contribution in [3.8, 4) is 23.2 Å². The van der Waals surface area contributed by atoms with Crippen LogP contribution in [0, 0.1) is 11.3 Å². The van der Waals surface area contributed by atoms with Crippen LogP contribution in [0.3, 0.4) is 0 Å². The predicted molar refractivity (Wildman–Crippen MR) is 112 cm³/mol. The SMILES string of the molecule is N#CC1=C(N)Oc2n[nH]c(-c3ccccc3Cl)c2[C@H]1c1cccc2ccccc12. The summed E-state index contributed by atoms with van der Waals surface area (Å²) < 4.78 is 5.69. The number of aromatic amines is 1. The van der Waals surface area contributed by atoms with E-state index in [1.807, 2.05) is 66.7 Å². The lowest BCUT2D eigenvalue weighted by Gasteiger charge is -2.25. The topological polar surface area (TPSA) is 87.7 Å². The number of nitrogens with two attached hydrogens (primary N) is 1. The fraction of sp³-hybridized carbons (Fsp3) is 0.0435. The quantitative estimate of drug-likeness (QED) is 0.491. The van der Waals surface area contributed by atoms with E-state index in [0.717, 1.165) is 27.5 Å². The molecule has 3 aromatic carbocycles. The lowest BCUT2D eigenvalue weighted by molar-refractivity contribution is 0.379. The Bertz CT molecular complexity index is 1330. The van der Waals surface area contributed by atoms with Gasteiger partial charge in [0.25, 0.3) is 0 Å². The van der Waals surface area contributed by atoms with Crippen molar-refractivity contribution >= 4 is 22.4 Å². The van der Waals surface area contributed by atoms with Gasteiger partial charge in [-0.05, 0) is 22.4 Å². The number of nitrogens with one attached hydrogen (secondary N) is 1. The van der Waals surface area contributed by atoms with Crippen LogP contribution in [0.2, 0.25) is 5.02 Å². The Kier molecular flexibility index (Phi) is 4.01. The summed E-state index contributed by atoms with van der Waals surface area (Å²) in [6.07, 6.45) is 0. The van der Waals surface area contributed by atoms with Crippen LogP contribution in [-0.2, 0) is 0 Å². The number of nitrogens with zero attached hydrogens (tertiary/aromatic N) is 2. The second kappa shape index (κ2) is 6.69. The van der Waals surface area contributed by atoms with Gasteiger partial charge in [0, 0.05) is 10.6 Å². The van der Waals surface area contributed by atoms with E-state index in [0.29, 0.717) is 22.2 Å². The number of aromatic nitrogens is 2. The Balaban J connectivity index is 1.83. The van der Waals surface area contributed by atoms with Crippen LogP contribution in [0.1, 0.15) is 17.0 Å². The minimum absolute atomic E-state index is 0.0649. The van der Waals surface area contributed by atoms with Gasteiger partial charge in [-0.3, -0.25) is 5.10 Å². The van der Waals surface area contributed by atoms with Crippen molar-refractivity contribution < 1.29 is 4.74 Å². The van der Waals surface area contributed by atoms with Gasteiger partial charge in [-0.15, -0.1) is 5.10 Å². The molecule has 6 heteroatoms. The third-order valence-electron chi connectivity index (χ3n) is 5.22. The van der Waals surface area contributed by atoms with Crippen LogP contribution in [0.5, 0.6) is 5.88 Å². The summed E-state index contributed by atoms with van der Waals surface area (Å²) in [7, 11) is 0. The summed E-state index contributed by atoms with van der Waals surface area (Å²) in [6.45, 7) is 0. The van der Waals surface area contributed by atoms with Gasteiger partial charge in [-0.25, -0.2) is 0 Å². The second-order valence-electron chi connectivity index (χ2n) is 6.79. The van der Waals surface area contributed by atoms with Gasteiger partial charge in [0.15, 0.2) is 0 Å². The number of hydrogen-bond acceptors (Lipinski definition) is 4. The van der Waals surface area contributed by atoms with Crippen molar-refractivity contribution in [1.82, 2.24) is 10.2 Å². The molecule has 5 nitrogen and oxygen atoms in total. The van der Waals surface area contributed by atoms with Gasteiger partial charge in [-0.1, -0.05) is 72.3 Å². The summed E-state index contributed by atoms with van der Waals surface area (Å²) in [5.41, 5.74) is 9.67. The minimum Gasteiger partial charge on any atom is -0.420 e. The standard InChI is InChI=1S/C23H15ClN4O/c24-18-11-4-3-9-16(18)21-20-19(17(12-25)22(26)29-23(20)28-27-21)15-10-5-7-13-6-1-2-8-14(13)15/h1-11,19H,26H2,(H,27,28)/t19-/m0/s1. The lowest BCUT2D eigenvalue weighted by atomic mass is 9.81. The van der Waals surface area contributed by atoms with E-state index in [4.69, 9.17) is 22.1 Å². The molecule has 1 aromatic heterocycles. The molecule has 2 heterocycles. The molecule has 140 valence electrons. The Morgan fingerprint density at radius 2 is 1.79 bits per heavy atom. The van der Waals surface area contributed by atoms with Gasteiger partial charge >= 0.3 is 0 Å². The summed E-state index contributed by atoms with van der Waals surface area (Å²) in [5.74, 6) is -0.00984. The van der Waals surface area contributed by atoms with Crippen molar-refractivity contribution in [2.75, 3.05) is 0 Å². The Hall–Kier alpha value is -3.75. The van der Waals surface area contributed by atoms with E-state index in [1.165, 1.54) is 0 Å². The molecule has 0 saturated heterocycles. The van der Waals surface area contributed by atoms with E-state index in [2.05, 4.69) is 16.3 Å². The highest BCUT2D eigenvalue weighted by Crippen LogP contribution is 2.47. The molecular formula is C23H15ClN4O. The fourth-order valence-electron chi connectivity index (χ4n) is 3.93. The van der Waals surface area contributed by atoms with Gasteiger partial charge in [0.1, 0.15) is 11.6 Å². The number of nitriles is 1. The van der Waals surface area contributed by atoms with Crippen LogP contribution in [0.25, 0.3) is 22.0 Å². The average Bonchev–Trinajstić information content (AvgIpc) is 3.16. The normalized spacial score (nSPS) is 15.7. The van der Waals surface area contributed by atoms with E-state index in [-0.39, 0.29) is 5.88 Å². The highest BCUT2D eigenvalue weighted by atomic mass is 35.5. The first-order chi connectivity index (χ1) is 14.2. The molecule has 0 amide bonds. The number of ether oxygens (including phenoxy) is 1. The molecule has 1 aliphatic heterocycles. The molecular weight excluding hydrogens is 384 g/mol. The molecule has 1 atom stereocenters. The van der Waals surface area contributed by atoms with Crippen molar-refractivity contribution in [3.63, 3.8) is 0 Å². The zero-order valence-corrected chi connectivity index (χ0v) is 15.9.